The molecule has 2 fully saturated rings. The lowest BCUT2D eigenvalue weighted by Gasteiger charge is -2.21. The Morgan fingerprint density at radius 3 is 2.53 bits per heavy atom. The van der Waals surface area contributed by atoms with E-state index in [4.69, 9.17) is 19.3 Å². The highest BCUT2D eigenvalue weighted by molar-refractivity contribution is 7.89. The number of carbonyl (C=O) groups is 3. The van der Waals surface area contributed by atoms with Crippen LogP contribution in [0.5, 0.6) is 17.2 Å². The number of ether oxygens (including phenoxy) is 3. The second kappa shape index (κ2) is 12.4. The molecule has 3 aromatic carbocycles. The third kappa shape index (κ3) is 7.37. The maximum Gasteiger partial charge on any atom is 0.258 e. The van der Waals surface area contributed by atoms with Gasteiger partial charge < -0.3 is 29.7 Å². The molecule has 0 spiro atoms. The Labute approximate surface area is 260 Å². The van der Waals surface area contributed by atoms with Crippen LogP contribution < -0.4 is 30.0 Å². The minimum atomic E-state index is -4.03. The van der Waals surface area contributed by atoms with Crippen LogP contribution in [0.15, 0.2) is 65.6 Å². The average Bonchev–Trinajstić information content (AvgIpc) is 3.77. The van der Waals surface area contributed by atoms with Crippen LogP contribution >= 0.6 is 0 Å². The van der Waals surface area contributed by atoms with Crippen LogP contribution in [0.3, 0.4) is 0 Å². The molecule has 3 aromatic rings. The van der Waals surface area contributed by atoms with Gasteiger partial charge in [0.1, 0.15) is 23.4 Å². The van der Waals surface area contributed by atoms with Crippen molar-refractivity contribution in [3.8, 4) is 17.2 Å². The fraction of sp³-hybridized carbons (Fsp3) is 0.344. The van der Waals surface area contributed by atoms with E-state index < -0.39 is 34.0 Å². The van der Waals surface area contributed by atoms with E-state index in [0.717, 1.165) is 18.4 Å². The van der Waals surface area contributed by atoms with E-state index >= 15 is 0 Å². The monoisotopic (exact) mass is 634 g/mol. The fourth-order valence-electron chi connectivity index (χ4n) is 5.26. The predicted octanol–water partition coefficient (Wildman–Crippen LogP) is 2.14. The van der Waals surface area contributed by atoms with Gasteiger partial charge in [0.05, 0.1) is 24.1 Å². The van der Waals surface area contributed by atoms with Crippen molar-refractivity contribution in [2.24, 2.45) is 11.1 Å². The minimum absolute atomic E-state index is 0.103. The Bertz CT molecular complexity index is 1740. The topological polar surface area (TPSA) is 166 Å². The summed E-state index contributed by atoms with van der Waals surface area (Å²) < 4.78 is 42.0. The number of hydrogen-bond donors (Lipinski definition) is 3. The summed E-state index contributed by atoms with van der Waals surface area (Å²) >= 11 is 0. The molecule has 4 N–H and O–H groups in total. The SMILES string of the molecule is Cc1ccc(S(N)(=O)=O)cc1C(=O)N1C[C@@H]2NC(=O)c3cc(cc(OCC4CC4)c3)OCC(=O)NCc3ccc(cc3)O[C@H]2C1. The summed E-state index contributed by atoms with van der Waals surface area (Å²) in [7, 11) is -4.03. The van der Waals surface area contributed by atoms with E-state index in [9.17, 15) is 22.8 Å². The van der Waals surface area contributed by atoms with Gasteiger partial charge in [0.15, 0.2) is 6.61 Å². The molecule has 1 saturated heterocycles. The molecule has 4 aliphatic rings. The Balaban J connectivity index is 1.30. The van der Waals surface area contributed by atoms with Gasteiger partial charge in [-0.05, 0) is 73.2 Å². The van der Waals surface area contributed by atoms with Gasteiger partial charge in [-0.1, -0.05) is 18.2 Å². The molecule has 0 unspecified atom stereocenters. The maximum atomic E-state index is 13.7. The number of likely N-dealkylation sites (tertiary alicyclic amines) is 1. The molecule has 4 bridgehead atoms. The van der Waals surface area contributed by atoms with Crippen molar-refractivity contribution in [2.75, 3.05) is 26.3 Å². The number of aryl methyl sites for hydroxylation is 1. The zero-order valence-electron chi connectivity index (χ0n) is 24.7. The number of nitrogens with two attached hydrogens (primary N) is 1. The summed E-state index contributed by atoms with van der Waals surface area (Å²) in [6.07, 6.45) is 1.55. The zero-order chi connectivity index (χ0) is 31.7. The predicted molar refractivity (Wildman–Crippen MR) is 163 cm³/mol. The number of nitrogens with one attached hydrogen (secondary N) is 2. The molecule has 236 valence electrons. The minimum Gasteiger partial charge on any atom is -0.493 e. The lowest BCUT2D eigenvalue weighted by molar-refractivity contribution is -0.123. The van der Waals surface area contributed by atoms with Crippen molar-refractivity contribution in [1.82, 2.24) is 15.5 Å². The molecule has 0 aromatic heterocycles. The highest BCUT2D eigenvalue weighted by Crippen LogP contribution is 2.31. The van der Waals surface area contributed by atoms with E-state index in [1.165, 1.54) is 29.2 Å². The number of rotatable bonds is 5. The van der Waals surface area contributed by atoms with E-state index in [-0.39, 0.29) is 48.2 Å². The molecule has 2 atom stereocenters. The number of benzene rings is 3. The van der Waals surface area contributed by atoms with Crippen LogP contribution in [0.2, 0.25) is 0 Å². The molecule has 0 radical (unpaired) electrons. The smallest absolute Gasteiger partial charge is 0.258 e. The van der Waals surface area contributed by atoms with Gasteiger partial charge in [-0.15, -0.1) is 0 Å². The molecule has 13 heteroatoms. The number of hydrogen-bond acceptors (Lipinski definition) is 8. The summed E-state index contributed by atoms with van der Waals surface area (Å²) in [5, 5.41) is 11.1. The summed E-state index contributed by atoms with van der Waals surface area (Å²) in [5.74, 6) is 0.568. The normalized spacial score (nSPS) is 20.3. The van der Waals surface area contributed by atoms with Gasteiger partial charge >= 0.3 is 0 Å². The van der Waals surface area contributed by atoms with Crippen LogP contribution in [0.25, 0.3) is 0 Å². The molecule has 1 saturated carbocycles. The van der Waals surface area contributed by atoms with Gasteiger partial charge in [0.25, 0.3) is 17.7 Å². The fourth-order valence-corrected chi connectivity index (χ4v) is 5.80. The second-order valence-corrected chi connectivity index (χ2v) is 13.2. The first kappa shape index (κ1) is 30.4. The lowest BCUT2D eigenvalue weighted by Crippen LogP contribution is -2.45. The van der Waals surface area contributed by atoms with Crippen LogP contribution in [0.1, 0.15) is 44.7 Å². The average molecular weight is 635 g/mol. The number of sulfonamides is 1. The highest BCUT2D eigenvalue weighted by Gasteiger charge is 2.39. The Kier molecular flexibility index (Phi) is 8.38. The van der Waals surface area contributed by atoms with Crippen molar-refractivity contribution in [3.05, 3.63) is 82.9 Å². The Morgan fingerprint density at radius 1 is 1.02 bits per heavy atom. The third-order valence-corrected chi connectivity index (χ3v) is 8.94. The number of primary sulfonamides is 1. The van der Waals surface area contributed by atoms with Gasteiger partial charge in [-0.25, -0.2) is 13.6 Å². The van der Waals surface area contributed by atoms with Crippen molar-refractivity contribution >= 4 is 27.7 Å². The molecular formula is C32H34N4O8S. The van der Waals surface area contributed by atoms with Gasteiger partial charge in [-0.3, -0.25) is 14.4 Å². The summed E-state index contributed by atoms with van der Waals surface area (Å²) in [5.41, 5.74) is 1.87. The first-order valence-corrected chi connectivity index (χ1v) is 16.2. The van der Waals surface area contributed by atoms with Crippen LogP contribution in [-0.2, 0) is 21.4 Å². The van der Waals surface area contributed by atoms with E-state index in [1.807, 2.05) is 12.1 Å². The van der Waals surface area contributed by atoms with Crippen molar-refractivity contribution in [2.45, 2.75) is 43.4 Å². The largest absolute Gasteiger partial charge is 0.493 e. The molecule has 1 aliphatic carbocycles. The molecule has 12 nitrogen and oxygen atoms in total. The van der Waals surface area contributed by atoms with Crippen molar-refractivity contribution < 1.29 is 37.0 Å². The molecule has 3 amide bonds. The Hall–Kier alpha value is -4.62. The first-order chi connectivity index (χ1) is 21.5. The van der Waals surface area contributed by atoms with E-state index in [1.54, 1.807) is 31.2 Å². The maximum absolute atomic E-state index is 13.7. The van der Waals surface area contributed by atoms with Crippen LogP contribution in [-0.4, -0.2) is 69.5 Å². The van der Waals surface area contributed by atoms with Gasteiger partial charge in [0, 0.05) is 30.3 Å². The van der Waals surface area contributed by atoms with Gasteiger partial charge in [-0.2, -0.15) is 0 Å². The summed E-state index contributed by atoms with van der Waals surface area (Å²) in [6.45, 7) is 2.49. The second-order valence-electron chi connectivity index (χ2n) is 11.6. The first-order valence-electron chi connectivity index (χ1n) is 14.7. The lowest BCUT2D eigenvalue weighted by atomic mass is 10.1. The summed E-state index contributed by atoms with van der Waals surface area (Å²) in [6, 6.07) is 15.5. The van der Waals surface area contributed by atoms with Crippen LogP contribution in [0.4, 0.5) is 0 Å². The third-order valence-electron chi connectivity index (χ3n) is 8.03. The number of nitrogens with zero attached hydrogens (tertiary/aromatic N) is 1. The number of amides is 3. The zero-order valence-corrected chi connectivity index (χ0v) is 25.5. The van der Waals surface area contributed by atoms with Crippen molar-refractivity contribution in [1.29, 1.82) is 0 Å². The van der Waals surface area contributed by atoms with Crippen LogP contribution in [0, 0.1) is 12.8 Å². The molecule has 3 aliphatic heterocycles. The standard InChI is InChI=1S/C32H34N4O8S/c1-19-2-9-26(45(33,40)41)13-27(19)32(39)36-15-28-29(16-36)44-23-7-5-20(6-8-23)14-34-30(37)18-43-25-11-22(31(38)35-28)10-24(12-25)42-17-21-3-4-21/h2,5-13,21,28-29H,3-4,14-18H2,1H3,(H,34,37)(H,35,38)(H2,33,40,41)/t28-,29-/m0/s1. The molecule has 7 rings (SSSR count). The van der Waals surface area contributed by atoms with E-state index in [0.29, 0.717) is 35.3 Å². The summed E-state index contributed by atoms with van der Waals surface area (Å²) in [4.78, 5) is 41.2. The van der Waals surface area contributed by atoms with Crippen molar-refractivity contribution in [3.63, 3.8) is 0 Å². The molecule has 45 heavy (non-hydrogen) atoms. The molecule has 3 heterocycles. The number of fused-ring (bicyclic) bond motifs is 7. The molecular weight excluding hydrogens is 600 g/mol. The van der Waals surface area contributed by atoms with Gasteiger partial charge in [0.2, 0.25) is 10.0 Å². The van der Waals surface area contributed by atoms with E-state index in [2.05, 4.69) is 10.6 Å². The highest BCUT2D eigenvalue weighted by atomic mass is 32.2. The quantitative estimate of drug-likeness (QED) is 0.384. The Morgan fingerprint density at radius 2 is 1.80 bits per heavy atom. The number of carbonyl (C=O) groups excluding carboxylic acids is 3.